The lowest BCUT2D eigenvalue weighted by Gasteiger charge is -2.18. The number of carbonyl (C=O) groups is 1. The van der Waals surface area contributed by atoms with E-state index in [4.69, 9.17) is 18.9 Å². The molecule has 6 nitrogen and oxygen atoms in total. The highest BCUT2D eigenvalue weighted by molar-refractivity contribution is 5.92. The van der Waals surface area contributed by atoms with E-state index >= 15 is 0 Å². The van der Waals surface area contributed by atoms with Crippen LogP contribution in [-0.4, -0.2) is 34.3 Å². The van der Waals surface area contributed by atoms with E-state index in [1.54, 1.807) is 40.6 Å². The lowest BCUT2D eigenvalue weighted by molar-refractivity contribution is -0.117. The molecule has 156 valence electrons. The van der Waals surface area contributed by atoms with Gasteiger partial charge in [-0.15, -0.1) is 0 Å². The molecule has 6 heteroatoms. The molecule has 2 aromatic rings. The zero-order valence-electron chi connectivity index (χ0n) is 17.9. The van der Waals surface area contributed by atoms with Crippen LogP contribution < -0.4 is 24.3 Å². The minimum atomic E-state index is -0.192. The third-order valence-corrected chi connectivity index (χ3v) is 4.69. The van der Waals surface area contributed by atoms with Gasteiger partial charge in [0.2, 0.25) is 11.7 Å². The fourth-order valence-electron chi connectivity index (χ4n) is 3.18. The minimum absolute atomic E-state index is 0.0935. The molecule has 0 bridgehead atoms. The highest BCUT2D eigenvalue weighted by atomic mass is 16.5. The van der Waals surface area contributed by atoms with E-state index in [-0.39, 0.29) is 11.9 Å². The van der Waals surface area contributed by atoms with Gasteiger partial charge >= 0.3 is 0 Å². The zero-order chi connectivity index (χ0) is 21.4. The van der Waals surface area contributed by atoms with Crippen molar-refractivity contribution in [2.24, 2.45) is 0 Å². The van der Waals surface area contributed by atoms with Crippen molar-refractivity contribution in [2.75, 3.05) is 28.4 Å². The summed E-state index contributed by atoms with van der Waals surface area (Å²) < 4.78 is 21.4. The van der Waals surface area contributed by atoms with Crippen LogP contribution in [0.5, 0.6) is 23.0 Å². The van der Waals surface area contributed by atoms with Gasteiger partial charge in [0, 0.05) is 11.6 Å². The quantitative estimate of drug-likeness (QED) is 0.637. The Hall–Kier alpha value is -3.15. The number of methoxy groups -OCH3 is 4. The van der Waals surface area contributed by atoms with Crippen LogP contribution in [0.4, 0.5) is 0 Å². The van der Waals surface area contributed by atoms with Crippen LogP contribution in [0.2, 0.25) is 0 Å². The number of carbonyl (C=O) groups excluding carboxylic acids is 1. The number of ether oxygens (including phenoxy) is 4. The second-order valence-corrected chi connectivity index (χ2v) is 6.46. The average molecular weight is 399 g/mol. The van der Waals surface area contributed by atoms with Gasteiger partial charge in [-0.05, 0) is 48.7 Å². The van der Waals surface area contributed by atoms with Crippen LogP contribution in [0.1, 0.15) is 36.1 Å². The summed E-state index contributed by atoms with van der Waals surface area (Å²) in [6, 6.07) is 9.42. The number of amides is 1. The van der Waals surface area contributed by atoms with Crippen molar-refractivity contribution in [3.05, 3.63) is 53.1 Å². The fraction of sp³-hybridized carbons (Fsp3) is 0.348. The van der Waals surface area contributed by atoms with E-state index in [9.17, 15) is 4.79 Å². The summed E-state index contributed by atoms with van der Waals surface area (Å²) in [5.74, 6) is 2.19. The van der Waals surface area contributed by atoms with Crippen LogP contribution in [0.25, 0.3) is 6.08 Å². The molecule has 0 aromatic heterocycles. The molecule has 0 saturated heterocycles. The molecule has 2 rings (SSSR count). The van der Waals surface area contributed by atoms with E-state index in [1.807, 2.05) is 38.1 Å². The molecule has 1 amide bonds. The van der Waals surface area contributed by atoms with Crippen molar-refractivity contribution in [3.8, 4) is 23.0 Å². The molecule has 29 heavy (non-hydrogen) atoms. The summed E-state index contributed by atoms with van der Waals surface area (Å²) in [5.41, 5.74) is 2.79. The third-order valence-electron chi connectivity index (χ3n) is 4.69. The molecule has 0 aliphatic heterocycles. The van der Waals surface area contributed by atoms with E-state index in [0.717, 1.165) is 23.3 Å². The SMILES string of the molecule is CC[C@H](NC(=O)/C=C/c1ccc(OC)c(OC)c1OC)c1ccc(OC)c(C)c1. The van der Waals surface area contributed by atoms with Gasteiger partial charge in [-0.3, -0.25) is 4.79 Å². The molecule has 0 spiro atoms. The molecule has 2 aromatic carbocycles. The number of benzene rings is 2. The summed E-state index contributed by atoms with van der Waals surface area (Å²) >= 11 is 0. The summed E-state index contributed by atoms with van der Waals surface area (Å²) in [7, 11) is 6.30. The zero-order valence-corrected chi connectivity index (χ0v) is 17.9. The standard InChI is InChI=1S/C23H29NO5/c1-7-18(17-9-11-19(26-3)15(2)14-17)24-21(25)13-10-16-8-12-20(27-4)23(29-6)22(16)28-5/h8-14,18H,7H2,1-6H3,(H,24,25)/b13-10+/t18-/m0/s1. The molecular formula is C23H29NO5. The highest BCUT2D eigenvalue weighted by Gasteiger charge is 2.15. The number of hydrogen-bond donors (Lipinski definition) is 1. The molecule has 0 unspecified atom stereocenters. The predicted molar refractivity (Wildman–Crippen MR) is 114 cm³/mol. The first kappa shape index (κ1) is 22.1. The first-order valence-electron chi connectivity index (χ1n) is 9.41. The molecule has 0 aliphatic carbocycles. The lowest BCUT2D eigenvalue weighted by atomic mass is 10.0. The second-order valence-electron chi connectivity index (χ2n) is 6.46. The Labute approximate surface area is 172 Å². The lowest BCUT2D eigenvalue weighted by Crippen LogP contribution is -2.26. The smallest absolute Gasteiger partial charge is 0.244 e. The van der Waals surface area contributed by atoms with Gasteiger partial charge in [-0.25, -0.2) is 0 Å². The maximum atomic E-state index is 12.5. The molecule has 1 atom stereocenters. The van der Waals surface area contributed by atoms with Crippen molar-refractivity contribution >= 4 is 12.0 Å². The largest absolute Gasteiger partial charge is 0.496 e. The van der Waals surface area contributed by atoms with E-state index in [1.165, 1.54) is 6.08 Å². The summed E-state index contributed by atoms with van der Waals surface area (Å²) in [5, 5.41) is 3.04. The number of rotatable bonds is 9. The van der Waals surface area contributed by atoms with Gasteiger partial charge < -0.3 is 24.3 Å². The summed E-state index contributed by atoms with van der Waals surface area (Å²) in [4.78, 5) is 12.5. The topological polar surface area (TPSA) is 66.0 Å². The number of hydrogen-bond acceptors (Lipinski definition) is 5. The maximum Gasteiger partial charge on any atom is 0.244 e. The average Bonchev–Trinajstić information content (AvgIpc) is 2.74. The number of aryl methyl sites for hydroxylation is 1. The molecular weight excluding hydrogens is 370 g/mol. The van der Waals surface area contributed by atoms with Crippen molar-refractivity contribution in [1.29, 1.82) is 0 Å². The predicted octanol–water partition coefficient (Wildman–Crippen LogP) is 4.31. The third kappa shape index (κ3) is 5.22. The second kappa shape index (κ2) is 10.4. The summed E-state index contributed by atoms with van der Waals surface area (Å²) in [6.45, 7) is 4.02. The van der Waals surface area contributed by atoms with Crippen molar-refractivity contribution in [1.82, 2.24) is 5.32 Å². The van der Waals surface area contributed by atoms with Crippen LogP contribution in [0.3, 0.4) is 0 Å². The Balaban J connectivity index is 2.19. The van der Waals surface area contributed by atoms with Crippen LogP contribution >= 0.6 is 0 Å². The number of nitrogens with one attached hydrogen (secondary N) is 1. The Kier molecular flexibility index (Phi) is 7.95. The van der Waals surface area contributed by atoms with Gasteiger partial charge in [0.15, 0.2) is 11.5 Å². The maximum absolute atomic E-state index is 12.5. The van der Waals surface area contributed by atoms with Crippen LogP contribution in [0, 0.1) is 6.92 Å². The van der Waals surface area contributed by atoms with Gasteiger partial charge in [0.1, 0.15) is 5.75 Å². The Morgan fingerprint density at radius 2 is 1.62 bits per heavy atom. The monoisotopic (exact) mass is 399 g/mol. The molecule has 0 heterocycles. The van der Waals surface area contributed by atoms with Gasteiger partial charge in [0.25, 0.3) is 0 Å². The first-order valence-corrected chi connectivity index (χ1v) is 9.41. The Bertz CT molecular complexity index is 876. The Morgan fingerprint density at radius 1 is 0.966 bits per heavy atom. The molecule has 0 saturated carbocycles. The van der Waals surface area contributed by atoms with Crippen molar-refractivity contribution in [3.63, 3.8) is 0 Å². The van der Waals surface area contributed by atoms with Gasteiger partial charge in [0.05, 0.1) is 34.5 Å². The van der Waals surface area contributed by atoms with Crippen molar-refractivity contribution < 1.29 is 23.7 Å². The molecule has 0 fully saturated rings. The highest BCUT2D eigenvalue weighted by Crippen LogP contribution is 2.40. The van der Waals surface area contributed by atoms with Gasteiger partial charge in [-0.2, -0.15) is 0 Å². The van der Waals surface area contributed by atoms with E-state index in [2.05, 4.69) is 5.32 Å². The molecule has 1 N–H and O–H groups in total. The van der Waals surface area contributed by atoms with E-state index in [0.29, 0.717) is 22.8 Å². The minimum Gasteiger partial charge on any atom is -0.496 e. The van der Waals surface area contributed by atoms with Gasteiger partial charge in [-0.1, -0.05) is 19.1 Å². The molecule has 0 aliphatic rings. The van der Waals surface area contributed by atoms with E-state index < -0.39 is 0 Å². The first-order chi connectivity index (χ1) is 14.0. The van der Waals surface area contributed by atoms with Crippen LogP contribution in [-0.2, 0) is 4.79 Å². The Morgan fingerprint density at radius 3 is 2.17 bits per heavy atom. The van der Waals surface area contributed by atoms with Crippen LogP contribution in [0.15, 0.2) is 36.4 Å². The normalized spacial score (nSPS) is 11.8. The molecule has 0 radical (unpaired) electrons. The van der Waals surface area contributed by atoms with Crippen molar-refractivity contribution in [2.45, 2.75) is 26.3 Å². The fourth-order valence-corrected chi connectivity index (χ4v) is 3.18. The summed E-state index contributed by atoms with van der Waals surface area (Å²) in [6.07, 6.45) is 3.95.